The molecule has 2 rings (SSSR count). The fourth-order valence-corrected chi connectivity index (χ4v) is 2.01. The Balaban J connectivity index is 2.50. The molecule has 0 atom stereocenters. The zero-order valence-corrected chi connectivity index (χ0v) is 8.72. The molecule has 6 heteroatoms. The number of hydrogen-bond donors (Lipinski definition) is 1. The molecule has 0 aliphatic rings. The molecule has 0 aliphatic carbocycles. The van der Waals surface area contributed by atoms with Crippen molar-refractivity contribution in [3.8, 4) is 10.6 Å². The van der Waals surface area contributed by atoms with Gasteiger partial charge in [0.05, 0.1) is 0 Å². The van der Waals surface area contributed by atoms with Crippen molar-refractivity contribution in [3.05, 3.63) is 40.9 Å². The number of hydrogen-bond acceptors (Lipinski definition) is 3. The molecule has 1 aromatic heterocycles. The molecule has 0 aliphatic heterocycles. The number of nitrogens with two attached hydrogens (primary N) is 1. The zero-order chi connectivity index (χ0) is 11.7. The van der Waals surface area contributed by atoms with Crippen LogP contribution in [0.15, 0.2) is 23.6 Å². The van der Waals surface area contributed by atoms with E-state index in [1.807, 2.05) is 0 Å². The van der Waals surface area contributed by atoms with Gasteiger partial charge < -0.3 is 5.73 Å². The number of carbonyl (C=O) groups is 1. The zero-order valence-electron chi connectivity index (χ0n) is 7.91. The second-order valence-corrected chi connectivity index (χ2v) is 3.86. The van der Waals surface area contributed by atoms with Crippen LogP contribution in [0.1, 0.15) is 10.5 Å². The first-order valence-corrected chi connectivity index (χ1v) is 5.17. The van der Waals surface area contributed by atoms with Crippen molar-refractivity contribution in [1.29, 1.82) is 0 Å². The lowest BCUT2D eigenvalue weighted by molar-refractivity contribution is 0.0996. The summed E-state index contributed by atoms with van der Waals surface area (Å²) < 4.78 is 26.3. The van der Waals surface area contributed by atoms with E-state index in [1.54, 1.807) is 0 Å². The maximum absolute atomic E-state index is 13.4. The van der Waals surface area contributed by atoms with E-state index in [0.29, 0.717) is 0 Å². The van der Waals surface area contributed by atoms with Crippen LogP contribution in [0.5, 0.6) is 0 Å². The molecule has 0 radical (unpaired) electrons. The van der Waals surface area contributed by atoms with Gasteiger partial charge >= 0.3 is 0 Å². The van der Waals surface area contributed by atoms with E-state index in [1.165, 1.54) is 17.5 Å². The summed E-state index contributed by atoms with van der Waals surface area (Å²) in [7, 11) is 0. The molecule has 1 aromatic carbocycles. The molecule has 3 nitrogen and oxygen atoms in total. The van der Waals surface area contributed by atoms with Gasteiger partial charge in [-0.15, -0.1) is 11.3 Å². The summed E-state index contributed by atoms with van der Waals surface area (Å²) in [5.74, 6) is -2.62. The normalized spacial score (nSPS) is 10.4. The van der Waals surface area contributed by atoms with Crippen molar-refractivity contribution >= 4 is 17.2 Å². The molecule has 2 N–H and O–H groups in total. The number of carbonyl (C=O) groups excluding carboxylic acids is 1. The van der Waals surface area contributed by atoms with Crippen LogP contribution >= 0.6 is 11.3 Å². The van der Waals surface area contributed by atoms with Gasteiger partial charge in [-0.25, -0.2) is 13.8 Å². The summed E-state index contributed by atoms with van der Waals surface area (Å²) in [6, 6.07) is 3.78. The van der Waals surface area contributed by atoms with Crippen LogP contribution in [0.2, 0.25) is 0 Å². The van der Waals surface area contributed by atoms with Crippen LogP contribution in [-0.2, 0) is 0 Å². The molecule has 0 spiro atoms. The maximum atomic E-state index is 13.4. The van der Waals surface area contributed by atoms with E-state index in [2.05, 4.69) is 4.98 Å². The van der Waals surface area contributed by atoms with Crippen molar-refractivity contribution in [2.75, 3.05) is 0 Å². The van der Waals surface area contributed by atoms with E-state index in [-0.39, 0.29) is 16.3 Å². The van der Waals surface area contributed by atoms with Crippen molar-refractivity contribution < 1.29 is 13.6 Å². The molecule has 0 fully saturated rings. The molecular formula is C10H6F2N2OS. The van der Waals surface area contributed by atoms with Crippen LogP contribution in [0.3, 0.4) is 0 Å². The number of amides is 1. The Morgan fingerprint density at radius 1 is 1.38 bits per heavy atom. The lowest BCUT2D eigenvalue weighted by Gasteiger charge is -1.98. The molecule has 1 amide bonds. The molecule has 0 saturated heterocycles. The Labute approximate surface area is 93.5 Å². The van der Waals surface area contributed by atoms with Gasteiger partial charge in [0, 0.05) is 10.9 Å². The second kappa shape index (κ2) is 3.97. The predicted molar refractivity (Wildman–Crippen MR) is 56.0 cm³/mol. The van der Waals surface area contributed by atoms with Crippen LogP contribution in [0.4, 0.5) is 8.78 Å². The van der Waals surface area contributed by atoms with Gasteiger partial charge in [-0.05, 0) is 12.1 Å². The summed E-state index contributed by atoms with van der Waals surface area (Å²) in [5.41, 5.74) is 5.08. The summed E-state index contributed by atoms with van der Waals surface area (Å²) in [4.78, 5) is 14.6. The number of benzene rings is 1. The number of primary amides is 1. The Bertz CT molecular complexity index is 554. The van der Waals surface area contributed by atoms with Crippen molar-refractivity contribution in [3.63, 3.8) is 0 Å². The molecule has 16 heavy (non-hydrogen) atoms. The third kappa shape index (κ3) is 1.79. The van der Waals surface area contributed by atoms with Gasteiger partial charge in [-0.1, -0.05) is 6.07 Å². The topological polar surface area (TPSA) is 56.0 Å². The van der Waals surface area contributed by atoms with Gasteiger partial charge in [-0.3, -0.25) is 4.79 Å². The lowest BCUT2D eigenvalue weighted by atomic mass is 10.2. The number of nitrogens with zero attached hydrogens (tertiary/aromatic N) is 1. The van der Waals surface area contributed by atoms with Gasteiger partial charge in [0.25, 0.3) is 5.91 Å². The molecule has 1 heterocycles. The quantitative estimate of drug-likeness (QED) is 0.874. The van der Waals surface area contributed by atoms with Gasteiger partial charge in [-0.2, -0.15) is 0 Å². The van der Waals surface area contributed by atoms with Crippen LogP contribution in [0.25, 0.3) is 10.6 Å². The van der Waals surface area contributed by atoms with Crippen LogP contribution < -0.4 is 5.73 Å². The fourth-order valence-electron chi connectivity index (χ4n) is 1.18. The van der Waals surface area contributed by atoms with Gasteiger partial charge in [0.1, 0.15) is 10.7 Å². The van der Waals surface area contributed by atoms with Gasteiger partial charge in [0.2, 0.25) is 0 Å². The molecule has 0 saturated carbocycles. The first-order valence-electron chi connectivity index (χ1n) is 4.29. The molecular weight excluding hydrogens is 234 g/mol. The maximum Gasteiger partial charge on any atom is 0.268 e. The van der Waals surface area contributed by atoms with Crippen molar-refractivity contribution in [1.82, 2.24) is 4.98 Å². The first kappa shape index (κ1) is 10.7. The number of aromatic nitrogens is 1. The first-order chi connectivity index (χ1) is 7.59. The molecule has 0 bridgehead atoms. The fraction of sp³-hybridized carbons (Fsp3) is 0. The van der Waals surface area contributed by atoms with Crippen LogP contribution in [-0.4, -0.2) is 10.9 Å². The molecule has 82 valence electrons. The van der Waals surface area contributed by atoms with Crippen molar-refractivity contribution in [2.45, 2.75) is 0 Å². The molecule has 2 aromatic rings. The number of thiazole rings is 1. The largest absolute Gasteiger partial charge is 0.364 e. The van der Waals surface area contributed by atoms with Crippen LogP contribution in [0, 0.1) is 11.6 Å². The Kier molecular flexibility index (Phi) is 2.66. The third-order valence-corrected chi connectivity index (χ3v) is 2.81. The lowest BCUT2D eigenvalue weighted by Crippen LogP contribution is -2.11. The highest BCUT2D eigenvalue weighted by Crippen LogP contribution is 2.27. The minimum atomic E-state index is -0.979. The third-order valence-electron chi connectivity index (χ3n) is 1.94. The van der Waals surface area contributed by atoms with E-state index in [0.717, 1.165) is 17.4 Å². The van der Waals surface area contributed by atoms with E-state index < -0.39 is 17.5 Å². The molecule has 0 unspecified atom stereocenters. The minimum Gasteiger partial charge on any atom is -0.364 e. The average molecular weight is 240 g/mol. The predicted octanol–water partition coefficient (Wildman–Crippen LogP) is 2.19. The van der Waals surface area contributed by atoms with Gasteiger partial charge in [0.15, 0.2) is 11.6 Å². The summed E-state index contributed by atoms with van der Waals surface area (Å²) in [6.45, 7) is 0. The summed E-state index contributed by atoms with van der Waals surface area (Å²) in [5, 5.41) is 1.63. The van der Waals surface area contributed by atoms with Crippen molar-refractivity contribution in [2.24, 2.45) is 5.73 Å². The van der Waals surface area contributed by atoms with E-state index in [9.17, 15) is 13.6 Å². The number of halogens is 2. The summed E-state index contributed by atoms with van der Waals surface area (Å²) in [6.07, 6.45) is 0. The Morgan fingerprint density at radius 2 is 2.12 bits per heavy atom. The standard InChI is InChI=1S/C10H6F2N2OS/c11-6-3-1-2-5(8(6)12)10-14-7(4-16-10)9(13)15/h1-4H,(H2,13,15). The number of rotatable bonds is 2. The highest BCUT2D eigenvalue weighted by atomic mass is 32.1. The monoisotopic (exact) mass is 240 g/mol. The Morgan fingerprint density at radius 3 is 2.75 bits per heavy atom. The minimum absolute atomic E-state index is 0.0255. The second-order valence-electron chi connectivity index (χ2n) is 3.00. The average Bonchev–Trinajstić information content (AvgIpc) is 2.71. The SMILES string of the molecule is NC(=O)c1csc(-c2cccc(F)c2F)n1. The Hall–Kier alpha value is -1.82. The highest BCUT2D eigenvalue weighted by molar-refractivity contribution is 7.13. The van der Waals surface area contributed by atoms with E-state index >= 15 is 0 Å². The summed E-state index contributed by atoms with van der Waals surface area (Å²) >= 11 is 1.04. The smallest absolute Gasteiger partial charge is 0.268 e. The van der Waals surface area contributed by atoms with E-state index in [4.69, 9.17) is 5.73 Å². The highest BCUT2D eigenvalue weighted by Gasteiger charge is 2.14.